The molecule has 0 radical (unpaired) electrons. The molecule has 3 amide bonds. The number of carbonyl (C=O) groups is 3. The standard InChI is InChI=1S/C25H19F2N5O3/c1-2-22(33)30-9-7-15(8-10-30)23-20(26)11-17(12-21(23)27)32-14-16(28-29-32)13-31-24(34)18-5-3-4-6-19(18)25(31)35/h2-7,11-12,14H,1,8-10,13H2. The van der Waals surface area contributed by atoms with Crippen molar-refractivity contribution in [3.8, 4) is 5.69 Å². The van der Waals surface area contributed by atoms with Gasteiger partial charge in [0.05, 0.1) is 29.6 Å². The summed E-state index contributed by atoms with van der Waals surface area (Å²) in [6, 6.07) is 8.79. The van der Waals surface area contributed by atoms with E-state index in [4.69, 9.17) is 0 Å². The van der Waals surface area contributed by atoms with Crippen LogP contribution in [0.15, 0.2) is 61.3 Å². The van der Waals surface area contributed by atoms with E-state index in [-0.39, 0.29) is 35.9 Å². The molecule has 0 aliphatic carbocycles. The monoisotopic (exact) mass is 475 g/mol. The molecule has 10 heteroatoms. The minimum Gasteiger partial charge on any atom is -0.335 e. The molecule has 0 spiro atoms. The maximum absolute atomic E-state index is 15.0. The van der Waals surface area contributed by atoms with Crippen LogP contribution in [-0.2, 0) is 11.3 Å². The molecule has 0 N–H and O–H groups in total. The fraction of sp³-hybridized carbons (Fsp3) is 0.160. The number of halogens is 2. The Hall–Kier alpha value is -4.47. The molecule has 0 unspecified atom stereocenters. The first-order chi connectivity index (χ1) is 16.9. The Bertz CT molecular complexity index is 1370. The van der Waals surface area contributed by atoms with Gasteiger partial charge in [-0.2, -0.15) is 0 Å². The molecule has 1 aromatic heterocycles. The predicted molar refractivity (Wildman–Crippen MR) is 121 cm³/mol. The van der Waals surface area contributed by atoms with Crippen LogP contribution in [0, 0.1) is 11.6 Å². The van der Waals surface area contributed by atoms with Crippen LogP contribution in [0.5, 0.6) is 0 Å². The van der Waals surface area contributed by atoms with Crippen molar-refractivity contribution in [2.75, 3.05) is 13.1 Å². The van der Waals surface area contributed by atoms with Crippen molar-refractivity contribution >= 4 is 23.3 Å². The molecule has 8 nitrogen and oxygen atoms in total. The summed E-state index contributed by atoms with van der Waals surface area (Å²) in [5, 5.41) is 7.86. The number of carbonyl (C=O) groups excluding carboxylic acids is 3. The molecule has 0 bridgehead atoms. The van der Waals surface area contributed by atoms with E-state index in [1.54, 1.807) is 30.3 Å². The number of nitrogens with zero attached hydrogens (tertiary/aromatic N) is 5. The van der Waals surface area contributed by atoms with Crippen molar-refractivity contribution in [1.29, 1.82) is 0 Å². The van der Waals surface area contributed by atoms with E-state index in [9.17, 15) is 23.2 Å². The van der Waals surface area contributed by atoms with Crippen molar-refractivity contribution < 1.29 is 23.2 Å². The second-order valence-electron chi connectivity index (χ2n) is 8.15. The average Bonchev–Trinajstić information content (AvgIpc) is 3.43. The first kappa shape index (κ1) is 22.3. The van der Waals surface area contributed by atoms with Gasteiger partial charge in [0.1, 0.15) is 17.3 Å². The molecule has 0 saturated heterocycles. The smallest absolute Gasteiger partial charge is 0.261 e. The van der Waals surface area contributed by atoms with Gasteiger partial charge < -0.3 is 4.90 Å². The Labute approximate surface area is 198 Å². The number of imide groups is 1. The van der Waals surface area contributed by atoms with Gasteiger partial charge in [-0.25, -0.2) is 13.5 Å². The largest absolute Gasteiger partial charge is 0.335 e. The zero-order valence-corrected chi connectivity index (χ0v) is 18.4. The van der Waals surface area contributed by atoms with E-state index in [0.29, 0.717) is 29.7 Å². The van der Waals surface area contributed by atoms with E-state index in [0.717, 1.165) is 17.0 Å². The lowest BCUT2D eigenvalue weighted by Crippen LogP contribution is -2.33. The van der Waals surface area contributed by atoms with Crippen LogP contribution in [-0.4, -0.2) is 55.6 Å². The summed E-state index contributed by atoms with van der Waals surface area (Å²) < 4.78 is 31.1. The Morgan fingerprint density at radius 2 is 1.74 bits per heavy atom. The highest BCUT2D eigenvalue weighted by atomic mass is 19.1. The number of aromatic nitrogens is 3. The molecule has 0 saturated carbocycles. The Kier molecular flexibility index (Phi) is 5.56. The highest BCUT2D eigenvalue weighted by Gasteiger charge is 2.35. The molecular weight excluding hydrogens is 456 g/mol. The molecule has 3 heterocycles. The summed E-state index contributed by atoms with van der Waals surface area (Å²) in [4.78, 5) is 39.4. The summed E-state index contributed by atoms with van der Waals surface area (Å²) in [5.41, 5.74) is 1.35. The van der Waals surface area contributed by atoms with E-state index in [1.807, 2.05) is 0 Å². The number of rotatable bonds is 5. The zero-order valence-electron chi connectivity index (χ0n) is 18.4. The molecule has 2 aliphatic rings. The maximum atomic E-state index is 15.0. The second kappa shape index (κ2) is 8.71. The van der Waals surface area contributed by atoms with Crippen molar-refractivity contribution in [2.24, 2.45) is 0 Å². The summed E-state index contributed by atoms with van der Waals surface area (Å²) in [6.07, 6.45) is 4.55. The molecule has 2 aromatic carbocycles. The van der Waals surface area contributed by atoms with E-state index in [1.165, 1.54) is 21.9 Å². The molecule has 2 aliphatic heterocycles. The van der Waals surface area contributed by atoms with Gasteiger partial charge in [0, 0.05) is 30.8 Å². The van der Waals surface area contributed by atoms with Gasteiger partial charge >= 0.3 is 0 Å². The van der Waals surface area contributed by atoms with Gasteiger partial charge in [-0.3, -0.25) is 19.3 Å². The summed E-state index contributed by atoms with van der Waals surface area (Å²) in [7, 11) is 0. The minimum atomic E-state index is -0.771. The fourth-order valence-electron chi connectivity index (χ4n) is 4.27. The van der Waals surface area contributed by atoms with E-state index in [2.05, 4.69) is 16.9 Å². The first-order valence-electron chi connectivity index (χ1n) is 10.8. The van der Waals surface area contributed by atoms with E-state index >= 15 is 0 Å². The number of hydrogen-bond acceptors (Lipinski definition) is 5. The van der Waals surface area contributed by atoms with Crippen LogP contribution in [0.3, 0.4) is 0 Å². The summed E-state index contributed by atoms with van der Waals surface area (Å²) >= 11 is 0. The van der Waals surface area contributed by atoms with Gasteiger partial charge in [-0.15, -0.1) is 5.10 Å². The van der Waals surface area contributed by atoms with E-state index < -0.39 is 23.4 Å². The number of fused-ring (bicyclic) bond motifs is 1. The van der Waals surface area contributed by atoms with Crippen molar-refractivity contribution in [3.63, 3.8) is 0 Å². The third-order valence-corrected chi connectivity index (χ3v) is 6.05. The highest BCUT2D eigenvalue weighted by Crippen LogP contribution is 2.29. The minimum absolute atomic E-state index is 0.102. The van der Waals surface area contributed by atoms with Crippen LogP contribution in [0.2, 0.25) is 0 Å². The lowest BCUT2D eigenvalue weighted by atomic mass is 9.98. The molecular formula is C25H19F2N5O3. The van der Waals surface area contributed by atoms with Crippen molar-refractivity contribution in [1.82, 2.24) is 24.8 Å². The normalized spacial score (nSPS) is 15.3. The van der Waals surface area contributed by atoms with Gasteiger partial charge in [0.25, 0.3) is 11.8 Å². The van der Waals surface area contributed by atoms with Crippen LogP contribution in [0.25, 0.3) is 11.3 Å². The Morgan fingerprint density at radius 1 is 1.09 bits per heavy atom. The van der Waals surface area contributed by atoms with Crippen molar-refractivity contribution in [3.05, 3.63) is 95.3 Å². The zero-order chi connectivity index (χ0) is 24.7. The van der Waals surface area contributed by atoms with Crippen LogP contribution >= 0.6 is 0 Å². The Balaban J connectivity index is 1.35. The third-order valence-electron chi connectivity index (χ3n) is 6.05. The number of amides is 3. The highest BCUT2D eigenvalue weighted by molar-refractivity contribution is 6.21. The molecule has 0 atom stereocenters. The fourth-order valence-corrected chi connectivity index (χ4v) is 4.27. The molecule has 35 heavy (non-hydrogen) atoms. The summed E-state index contributed by atoms with van der Waals surface area (Å²) in [6.45, 7) is 3.90. The number of benzene rings is 2. The van der Waals surface area contributed by atoms with Crippen molar-refractivity contribution in [2.45, 2.75) is 13.0 Å². The van der Waals surface area contributed by atoms with Crippen LogP contribution in [0.4, 0.5) is 8.78 Å². The quantitative estimate of drug-likeness (QED) is 0.418. The maximum Gasteiger partial charge on any atom is 0.261 e. The van der Waals surface area contributed by atoms with Crippen LogP contribution < -0.4 is 0 Å². The van der Waals surface area contributed by atoms with Gasteiger partial charge in [0.2, 0.25) is 5.91 Å². The van der Waals surface area contributed by atoms with Gasteiger partial charge in [-0.1, -0.05) is 30.0 Å². The third kappa shape index (κ3) is 3.92. The molecule has 0 fully saturated rings. The topological polar surface area (TPSA) is 88.4 Å². The number of hydrogen-bond donors (Lipinski definition) is 0. The van der Waals surface area contributed by atoms with Crippen LogP contribution in [0.1, 0.15) is 38.4 Å². The molecule has 176 valence electrons. The Morgan fingerprint density at radius 3 is 2.31 bits per heavy atom. The van der Waals surface area contributed by atoms with Gasteiger partial charge in [-0.05, 0) is 30.2 Å². The molecule has 3 aromatic rings. The lowest BCUT2D eigenvalue weighted by molar-refractivity contribution is -0.125. The lowest BCUT2D eigenvalue weighted by Gasteiger charge is -2.26. The van der Waals surface area contributed by atoms with Gasteiger partial charge in [0.15, 0.2) is 0 Å². The molecule has 5 rings (SSSR count). The first-order valence-corrected chi connectivity index (χ1v) is 10.8. The second-order valence-corrected chi connectivity index (χ2v) is 8.15. The average molecular weight is 475 g/mol. The predicted octanol–water partition coefficient (Wildman–Crippen LogP) is 3.14. The summed E-state index contributed by atoms with van der Waals surface area (Å²) in [5.74, 6) is -2.65. The SMILES string of the molecule is C=CC(=O)N1CC=C(c2c(F)cc(-n3cc(CN4C(=O)c5ccccc5C4=O)nn3)cc2F)CC1.